The molecule has 0 aliphatic rings. The molecule has 0 radical (unpaired) electrons. The van der Waals surface area contributed by atoms with Gasteiger partial charge in [-0.1, -0.05) is 25.1 Å². The molecule has 2 rings (SSSR count). The van der Waals surface area contributed by atoms with Gasteiger partial charge in [-0.3, -0.25) is 4.99 Å². The highest BCUT2D eigenvalue weighted by atomic mass is 127. The van der Waals surface area contributed by atoms with E-state index in [1.165, 1.54) is 0 Å². The Morgan fingerprint density at radius 1 is 1.32 bits per heavy atom. The van der Waals surface area contributed by atoms with Crippen molar-refractivity contribution in [3.63, 3.8) is 0 Å². The molecule has 2 unspecified atom stereocenters. The number of methoxy groups -OCH3 is 1. The predicted molar refractivity (Wildman–Crippen MR) is 127 cm³/mol. The summed E-state index contributed by atoms with van der Waals surface area (Å²) in [5.74, 6) is 1.70. The largest absolute Gasteiger partial charge is 0.489 e. The number of halogens is 1. The van der Waals surface area contributed by atoms with E-state index in [2.05, 4.69) is 32.5 Å². The second-order valence-electron chi connectivity index (χ2n) is 6.30. The number of hydrogen-bond donors (Lipinski definition) is 1. The maximum atomic E-state index is 6.04. The van der Waals surface area contributed by atoms with Gasteiger partial charge in [-0.15, -0.1) is 35.3 Å². The van der Waals surface area contributed by atoms with Gasteiger partial charge in [-0.25, -0.2) is 4.98 Å². The molecule has 6 nitrogen and oxygen atoms in total. The molecule has 2 atom stereocenters. The lowest BCUT2D eigenvalue weighted by atomic mass is 10.2. The van der Waals surface area contributed by atoms with E-state index in [1.807, 2.05) is 44.3 Å². The summed E-state index contributed by atoms with van der Waals surface area (Å²) in [6.07, 6.45) is 1.00. The third-order valence-electron chi connectivity index (χ3n) is 4.23. The van der Waals surface area contributed by atoms with E-state index in [-0.39, 0.29) is 36.2 Å². The SMILES string of the molecule is CCC(CNC(=NC)N(C)Cc1csc(C(C)OC)n1)Oc1ccccc1.I. The maximum Gasteiger partial charge on any atom is 0.193 e. The Labute approximate surface area is 189 Å². The molecule has 0 aliphatic carbocycles. The average Bonchev–Trinajstić information content (AvgIpc) is 3.16. The highest BCUT2D eigenvalue weighted by Gasteiger charge is 2.14. The predicted octanol–water partition coefficient (Wildman–Crippen LogP) is 4.33. The Morgan fingerprint density at radius 2 is 2.04 bits per heavy atom. The summed E-state index contributed by atoms with van der Waals surface area (Å²) in [7, 11) is 5.50. The third-order valence-corrected chi connectivity index (χ3v) is 5.29. The second-order valence-corrected chi connectivity index (χ2v) is 7.19. The summed E-state index contributed by atoms with van der Waals surface area (Å²) < 4.78 is 11.4. The summed E-state index contributed by atoms with van der Waals surface area (Å²) >= 11 is 1.62. The molecule has 156 valence electrons. The molecular weight excluding hydrogens is 487 g/mol. The summed E-state index contributed by atoms with van der Waals surface area (Å²) in [6, 6.07) is 9.90. The topological polar surface area (TPSA) is 59.0 Å². The van der Waals surface area contributed by atoms with E-state index >= 15 is 0 Å². The van der Waals surface area contributed by atoms with Gasteiger partial charge in [-0.05, 0) is 25.5 Å². The van der Waals surface area contributed by atoms with Gasteiger partial charge in [0, 0.05) is 26.6 Å². The molecule has 8 heteroatoms. The number of aromatic nitrogens is 1. The molecule has 0 fully saturated rings. The minimum absolute atomic E-state index is 0. The van der Waals surface area contributed by atoms with Gasteiger partial charge in [0.1, 0.15) is 23.0 Å². The highest BCUT2D eigenvalue weighted by molar-refractivity contribution is 14.0. The van der Waals surface area contributed by atoms with Crippen LogP contribution in [0.1, 0.15) is 37.1 Å². The van der Waals surface area contributed by atoms with Gasteiger partial charge >= 0.3 is 0 Å². The number of benzene rings is 1. The lowest BCUT2D eigenvalue weighted by Gasteiger charge is -2.24. The van der Waals surface area contributed by atoms with Crippen LogP contribution in [0.25, 0.3) is 0 Å². The average molecular weight is 518 g/mol. The zero-order valence-corrected chi connectivity index (χ0v) is 20.4. The molecule has 28 heavy (non-hydrogen) atoms. The summed E-state index contributed by atoms with van der Waals surface area (Å²) in [5.41, 5.74) is 1.01. The Morgan fingerprint density at radius 3 is 2.64 bits per heavy atom. The van der Waals surface area contributed by atoms with Crippen molar-refractivity contribution in [2.75, 3.05) is 27.7 Å². The van der Waals surface area contributed by atoms with Crippen LogP contribution in [0.4, 0.5) is 0 Å². The van der Waals surface area contributed by atoms with Crippen LogP contribution in [0.5, 0.6) is 5.75 Å². The number of thiazole rings is 1. The van der Waals surface area contributed by atoms with Crippen LogP contribution in [0.15, 0.2) is 40.7 Å². The lowest BCUT2D eigenvalue weighted by molar-refractivity contribution is 0.119. The smallest absolute Gasteiger partial charge is 0.193 e. The lowest BCUT2D eigenvalue weighted by Crippen LogP contribution is -2.43. The Bertz CT molecular complexity index is 711. The Balaban J connectivity index is 0.00000392. The van der Waals surface area contributed by atoms with Crippen molar-refractivity contribution >= 4 is 41.3 Å². The normalized spacial score (nSPS) is 13.4. The van der Waals surface area contributed by atoms with E-state index in [1.54, 1.807) is 25.5 Å². The Kier molecular flexibility index (Phi) is 11.4. The summed E-state index contributed by atoms with van der Waals surface area (Å²) in [4.78, 5) is 11.1. The van der Waals surface area contributed by atoms with Crippen LogP contribution in [0.3, 0.4) is 0 Å². The molecule has 2 aromatic rings. The first-order valence-corrected chi connectivity index (χ1v) is 10.1. The molecule has 0 saturated carbocycles. The van der Waals surface area contributed by atoms with E-state index in [0.29, 0.717) is 13.1 Å². The van der Waals surface area contributed by atoms with Crippen LogP contribution in [-0.4, -0.2) is 49.7 Å². The minimum atomic E-state index is 0. The van der Waals surface area contributed by atoms with Crippen molar-refractivity contribution in [1.82, 2.24) is 15.2 Å². The van der Waals surface area contributed by atoms with Gasteiger partial charge < -0.3 is 19.7 Å². The number of nitrogens with zero attached hydrogens (tertiary/aromatic N) is 3. The van der Waals surface area contributed by atoms with Crippen LogP contribution in [0, 0.1) is 0 Å². The van der Waals surface area contributed by atoms with Crippen molar-refractivity contribution in [1.29, 1.82) is 0 Å². The van der Waals surface area contributed by atoms with Gasteiger partial charge in [0.2, 0.25) is 0 Å². The first kappa shape index (κ1) is 24.6. The minimum Gasteiger partial charge on any atom is -0.489 e. The second kappa shape index (κ2) is 12.9. The van der Waals surface area contributed by atoms with E-state index in [4.69, 9.17) is 9.47 Å². The quantitative estimate of drug-likeness (QED) is 0.304. The highest BCUT2D eigenvalue weighted by Crippen LogP contribution is 2.21. The fourth-order valence-corrected chi connectivity index (χ4v) is 3.39. The monoisotopic (exact) mass is 518 g/mol. The van der Waals surface area contributed by atoms with Gasteiger partial charge in [0.05, 0.1) is 18.8 Å². The van der Waals surface area contributed by atoms with Gasteiger partial charge in [0.15, 0.2) is 5.96 Å². The molecule has 1 N–H and O–H groups in total. The molecule has 0 bridgehead atoms. The number of nitrogens with one attached hydrogen (secondary N) is 1. The molecule has 0 spiro atoms. The summed E-state index contributed by atoms with van der Waals surface area (Å²) in [6.45, 7) is 5.49. The van der Waals surface area contributed by atoms with Crippen molar-refractivity contribution in [2.45, 2.75) is 39.0 Å². The molecule has 0 aliphatic heterocycles. The number of hydrogen-bond acceptors (Lipinski definition) is 5. The first-order valence-electron chi connectivity index (χ1n) is 9.17. The van der Waals surface area contributed by atoms with Crippen LogP contribution in [0.2, 0.25) is 0 Å². The van der Waals surface area contributed by atoms with Crippen LogP contribution >= 0.6 is 35.3 Å². The fraction of sp³-hybridized carbons (Fsp3) is 0.500. The number of rotatable bonds is 9. The molecule has 1 heterocycles. The molecule has 0 amide bonds. The molecule has 1 aromatic heterocycles. The van der Waals surface area contributed by atoms with Crippen molar-refractivity contribution in [3.05, 3.63) is 46.4 Å². The van der Waals surface area contributed by atoms with Gasteiger partial charge in [0.25, 0.3) is 0 Å². The molecule has 1 aromatic carbocycles. The zero-order valence-electron chi connectivity index (χ0n) is 17.2. The summed E-state index contributed by atoms with van der Waals surface area (Å²) in [5, 5.41) is 6.47. The Hall–Kier alpha value is -1.39. The van der Waals surface area contributed by atoms with Crippen molar-refractivity contribution in [2.24, 2.45) is 4.99 Å². The zero-order chi connectivity index (χ0) is 19.6. The third kappa shape index (κ3) is 7.56. The van der Waals surface area contributed by atoms with E-state index < -0.39 is 0 Å². The standard InChI is InChI=1S/C20H30N4O2S.HI/c1-6-17(26-18-10-8-7-9-11-18)12-22-20(21-3)24(4)13-16-14-27-19(23-16)15(2)25-5;/h7-11,14-15,17H,6,12-13H2,1-5H3,(H,21,22);1H. The van der Waals surface area contributed by atoms with Crippen LogP contribution < -0.4 is 10.1 Å². The number of ether oxygens (including phenoxy) is 2. The maximum absolute atomic E-state index is 6.04. The number of para-hydroxylation sites is 1. The van der Waals surface area contributed by atoms with Crippen molar-refractivity contribution in [3.8, 4) is 5.75 Å². The number of guanidine groups is 1. The molecular formula is C20H31IN4O2S. The van der Waals surface area contributed by atoms with Crippen molar-refractivity contribution < 1.29 is 9.47 Å². The first-order chi connectivity index (χ1) is 13.1. The van der Waals surface area contributed by atoms with E-state index in [9.17, 15) is 0 Å². The van der Waals surface area contributed by atoms with Gasteiger partial charge in [-0.2, -0.15) is 0 Å². The number of aliphatic imine (C=N–C) groups is 1. The van der Waals surface area contributed by atoms with Crippen LogP contribution in [-0.2, 0) is 11.3 Å². The molecule has 0 saturated heterocycles. The van der Waals surface area contributed by atoms with E-state index in [0.717, 1.165) is 28.8 Å². The fourth-order valence-electron chi connectivity index (χ4n) is 2.55.